The zero-order valence-electron chi connectivity index (χ0n) is 10.0. The van der Waals surface area contributed by atoms with Crippen molar-refractivity contribution in [1.82, 2.24) is 15.3 Å². The van der Waals surface area contributed by atoms with Gasteiger partial charge >= 0.3 is 0 Å². The summed E-state index contributed by atoms with van der Waals surface area (Å²) >= 11 is 3.34. The summed E-state index contributed by atoms with van der Waals surface area (Å²) in [4.78, 5) is 19.0. The van der Waals surface area contributed by atoms with E-state index >= 15 is 0 Å². The summed E-state index contributed by atoms with van der Waals surface area (Å²) in [6.45, 7) is 2.50. The third kappa shape index (κ3) is 3.43. The average Bonchev–Trinajstić information content (AvgIpc) is 2.76. The largest absolute Gasteiger partial charge is 0.352 e. The number of aryl methyl sites for hydroxylation is 1. The maximum Gasteiger partial charge on any atom is 0.251 e. The van der Waals surface area contributed by atoms with Crippen molar-refractivity contribution >= 4 is 21.8 Å². The van der Waals surface area contributed by atoms with Crippen molar-refractivity contribution < 1.29 is 4.79 Å². The van der Waals surface area contributed by atoms with Gasteiger partial charge in [-0.1, -0.05) is 15.9 Å². The first-order chi connectivity index (χ1) is 8.65. The van der Waals surface area contributed by atoms with E-state index in [0.29, 0.717) is 12.1 Å². The van der Waals surface area contributed by atoms with E-state index in [2.05, 4.69) is 31.2 Å². The van der Waals surface area contributed by atoms with Crippen molar-refractivity contribution in [2.75, 3.05) is 6.54 Å². The van der Waals surface area contributed by atoms with E-state index in [9.17, 15) is 4.79 Å². The molecule has 2 N–H and O–H groups in total. The minimum absolute atomic E-state index is 0.0567. The van der Waals surface area contributed by atoms with E-state index in [4.69, 9.17) is 0 Å². The third-order valence-corrected chi connectivity index (χ3v) is 3.07. The first kappa shape index (κ1) is 12.8. The fourth-order valence-electron chi connectivity index (χ4n) is 1.61. The maximum absolute atomic E-state index is 11.8. The van der Waals surface area contributed by atoms with Crippen LogP contribution in [0.2, 0.25) is 0 Å². The smallest absolute Gasteiger partial charge is 0.251 e. The Morgan fingerprint density at radius 2 is 2.11 bits per heavy atom. The molecule has 0 bridgehead atoms. The van der Waals surface area contributed by atoms with Crippen LogP contribution in [0.25, 0.3) is 0 Å². The highest BCUT2D eigenvalue weighted by Gasteiger charge is 2.04. The highest BCUT2D eigenvalue weighted by Crippen LogP contribution is 2.10. The van der Waals surface area contributed by atoms with Crippen LogP contribution in [0, 0.1) is 6.92 Å². The first-order valence-electron chi connectivity index (χ1n) is 5.69. The van der Waals surface area contributed by atoms with Crippen LogP contribution in [0.4, 0.5) is 0 Å². The van der Waals surface area contributed by atoms with E-state index in [1.807, 2.05) is 19.1 Å². The van der Waals surface area contributed by atoms with Gasteiger partial charge in [0.25, 0.3) is 5.91 Å². The molecule has 1 amide bonds. The SMILES string of the molecule is Cc1ncc(CCNC(=O)c2ccc(Br)cc2)[nH]1. The Bertz CT molecular complexity index is 533. The van der Waals surface area contributed by atoms with Gasteiger partial charge in [-0.2, -0.15) is 0 Å². The molecule has 2 rings (SSSR count). The number of amides is 1. The molecule has 4 nitrogen and oxygen atoms in total. The average molecular weight is 308 g/mol. The molecule has 0 aliphatic carbocycles. The Balaban J connectivity index is 1.83. The molecule has 18 heavy (non-hydrogen) atoms. The lowest BCUT2D eigenvalue weighted by molar-refractivity contribution is 0.0954. The minimum atomic E-state index is -0.0567. The molecule has 0 spiro atoms. The fourth-order valence-corrected chi connectivity index (χ4v) is 1.88. The molecule has 0 aliphatic rings. The number of aromatic amines is 1. The Labute approximate surface area is 114 Å². The highest BCUT2D eigenvalue weighted by molar-refractivity contribution is 9.10. The molecule has 0 aliphatic heterocycles. The van der Waals surface area contributed by atoms with Gasteiger partial charge in [-0.15, -0.1) is 0 Å². The van der Waals surface area contributed by atoms with E-state index in [0.717, 1.165) is 22.4 Å². The second-order valence-electron chi connectivity index (χ2n) is 4.01. The lowest BCUT2D eigenvalue weighted by atomic mass is 10.2. The van der Waals surface area contributed by atoms with E-state index in [1.165, 1.54) is 0 Å². The fraction of sp³-hybridized carbons (Fsp3) is 0.231. The summed E-state index contributed by atoms with van der Waals surface area (Å²) < 4.78 is 0.965. The quantitative estimate of drug-likeness (QED) is 0.911. The van der Waals surface area contributed by atoms with Crippen LogP contribution < -0.4 is 5.32 Å². The van der Waals surface area contributed by atoms with E-state index in [1.54, 1.807) is 18.3 Å². The summed E-state index contributed by atoms with van der Waals surface area (Å²) in [6, 6.07) is 7.29. The summed E-state index contributed by atoms with van der Waals surface area (Å²) in [7, 11) is 0. The number of H-pyrrole nitrogens is 1. The van der Waals surface area contributed by atoms with Gasteiger partial charge in [0.2, 0.25) is 0 Å². The summed E-state index contributed by atoms with van der Waals surface area (Å²) in [5, 5.41) is 2.87. The molecule has 1 aromatic heterocycles. The van der Waals surface area contributed by atoms with Crippen molar-refractivity contribution in [2.24, 2.45) is 0 Å². The predicted octanol–water partition coefficient (Wildman–Crippen LogP) is 2.45. The zero-order chi connectivity index (χ0) is 13.0. The predicted molar refractivity (Wildman–Crippen MR) is 73.5 cm³/mol. The molecular weight excluding hydrogens is 294 g/mol. The van der Waals surface area contributed by atoms with Gasteiger partial charge in [0.15, 0.2) is 0 Å². The number of carbonyl (C=O) groups excluding carboxylic acids is 1. The van der Waals surface area contributed by atoms with E-state index < -0.39 is 0 Å². The molecule has 0 saturated heterocycles. The number of halogens is 1. The number of nitrogens with zero attached hydrogens (tertiary/aromatic N) is 1. The van der Waals surface area contributed by atoms with Crippen LogP contribution in [0.15, 0.2) is 34.9 Å². The number of hydrogen-bond donors (Lipinski definition) is 2. The van der Waals surface area contributed by atoms with Crippen molar-refractivity contribution in [2.45, 2.75) is 13.3 Å². The number of hydrogen-bond acceptors (Lipinski definition) is 2. The van der Waals surface area contributed by atoms with Gasteiger partial charge in [-0.05, 0) is 31.2 Å². The first-order valence-corrected chi connectivity index (χ1v) is 6.49. The summed E-state index contributed by atoms with van der Waals surface area (Å²) in [5.41, 5.74) is 1.70. The molecule has 0 unspecified atom stereocenters. The molecule has 94 valence electrons. The van der Waals surface area contributed by atoms with Crippen LogP contribution >= 0.6 is 15.9 Å². The normalized spacial score (nSPS) is 10.3. The number of carbonyl (C=O) groups is 1. The Hall–Kier alpha value is -1.62. The second kappa shape index (κ2) is 5.82. The van der Waals surface area contributed by atoms with Gasteiger partial charge in [0.1, 0.15) is 5.82 Å². The van der Waals surface area contributed by atoms with Crippen LogP contribution in [0.3, 0.4) is 0 Å². The van der Waals surface area contributed by atoms with Gasteiger partial charge in [0, 0.05) is 34.9 Å². The second-order valence-corrected chi connectivity index (χ2v) is 4.92. The number of aromatic nitrogens is 2. The number of benzene rings is 1. The van der Waals surface area contributed by atoms with Gasteiger partial charge in [-0.3, -0.25) is 4.79 Å². The topological polar surface area (TPSA) is 57.8 Å². The molecule has 0 atom stereocenters. The number of imidazole rings is 1. The highest BCUT2D eigenvalue weighted by atomic mass is 79.9. The van der Waals surface area contributed by atoms with Crippen LogP contribution in [0.5, 0.6) is 0 Å². The summed E-state index contributed by atoms with van der Waals surface area (Å²) in [6.07, 6.45) is 2.55. The molecule has 0 fully saturated rings. The summed E-state index contributed by atoms with van der Waals surface area (Å²) in [5.74, 6) is 0.836. The Kier molecular flexibility index (Phi) is 4.15. The zero-order valence-corrected chi connectivity index (χ0v) is 11.6. The van der Waals surface area contributed by atoms with Gasteiger partial charge < -0.3 is 10.3 Å². The maximum atomic E-state index is 11.8. The van der Waals surface area contributed by atoms with Crippen LogP contribution in [0.1, 0.15) is 21.9 Å². The standard InChI is InChI=1S/C13H14BrN3O/c1-9-16-8-12(17-9)6-7-15-13(18)10-2-4-11(14)5-3-10/h2-5,8H,6-7H2,1H3,(H,15,18)(H,16,17). The molecule has 2 aromatic rings. The number of nitrogens with one attached hydrogen (secondary N) is 2. The molecular formula is C13H14BrN3O. The van der Waals surface area contributed by atoms with Gasteiger partial charge in [-0.25, -0.2) is 4.98 Å². The van der Waals surface area contributed by atoms with Crippen molar-refractivity contribution in [3.63, 3.8) is 0 Å². The molecule has 0 radical (unpaired) electrons. The number of rotatable bonds is 4. The lowest BCUT2D eigenvalue weighted by Gasteiger charge is -2.04. The van der Waals surface area contributed by atoms with Crippen molar-refractivity contribution in [3.8, 4) is 0 Å². The molecule has 0 saturated carbocycles. The van der Waals surface area contributed by atoms with Crippen molar-refractivity contribution in [3.05, 3.63) is 52.0 Å². The van der Waals surface area contributed by atoms with Gasteiger partial charge in [0.05, 0.1) is 0 Å². The van der Waals surface area contributed by atoms with Crippen LogP contribution in [-0.4, -0.2) is 22.4 Å². The Morgan fingerprint density at radius 3 is 2.72 bits per heavy atom. The third-order valence-electron chi connectivity index (χ3n) is 2.54. The Morgan fingerprint density at radius 1 is 1.39 bits per heavy atom. The molecule has 1 heterocycles. The van der Waals surface area contributed by atoms with Crippen molar-refractivity contribution in [1.29, 1.82) is 0 Å². The monoisotopic (exact) mass is 307 g/mol. The lowest BCUT2D eigenvalue weighted by Crippen LogP contribution is -2.25. The van der Waals surface area contributed by atoms with E-state index in [-0.39, 0.29) is 5.91 Å². The van der Waals surface area contributed by atoms with Crippen LogP contribution in [-0.2, 0) is 6.42 Å². The minimum Gasteiger partial charge on any atom is -0.352 e. The molecule has 5 heteroatoms. The molecule has 1 aromatic carbocycles.